The van der Waals surface area contributed by atoms with Gasteiger partial charge in [-0.1, -0.05) is 12.1 Å². The summed E-state index contributed by atoms with van der Waals surface area (Å²) in [6.45, 7) is 5.28. The van der Waals surface area contributed by atoms with Gasteiger partial charge in [0.1, 0.15) is 18.0 Å². The lowest BCUT2D eigenvalue weighted by atomic mass is 10.1. The summed E-state index contributed by atoms with van der Waals surface area (Å²) < 4.78 is 0. The van der Waals surface area contributed by atoms with Crippen molar-refractivity contribution in [1.82, 2.24) is 14.9 Å². The minimum atomic E-state index is 0.153. The zero-order valence-electron chi connectivity index (χ0n) is 14.1. The minimum Gasteiger partial charge on any atom is -0.367 e. The highest BCUT2D eigenvalue weighted by Gasteiger charge is 2.20. The molecule has 2 N–H and O–H groups in total. The zero-order chi connectivity index (χ0) is 16.9. The van der Waals surface area contributed by atoms with Crippen molar-refractivity contribution in [2.75, 3.05) is 23.7 Å². The highest BCUT2D eigenvalue weighted by molar-refractivity contribution is 5.73. The maximum atomic E-state index is 11.4. The van der Waals surface area contributed by atoms with Gasteiger partial charge in [0, 0.05) is 37.8 Å². The number of rotatable bonds is 4. The molecule has 0 atom stereocenters. The normalized spacial score (nSPS) is 15.2. The van der Waals surface area contributed by atoms with Crippen LogP contribution in [0.1, 0.15) is 25.3 Å². The highest BCUT2D eigenvalue weighted by Crippen LogP contribution is 2.19. The van der Waals surface area contributed by atoms with E-state index >= 15 is 0 Å². The van der Waals surface area contributed by atoms with Crippen LogP contribution in [0.2, 0.25) is 0 Å². The molecule has 2 aromatic rings. The van der Waals surface area contributed by atoms with Crippen LogP contribution in [0.5, 0.6) is 0 Å². The second kappa shape index (κ2) is 7.29. The topological polar surface area (TPSA) is 70.2 Å². The monoisotopic (exact) mass is 325 g/mol. The first-order valence-corrected chi connectivity index (χ1v) is 8.28. The fourth-order valence-corrected chi connectivity index (χ4v) is 2.92. The van der Waals surface area contributed by atoms with Gasteiger partial charge in [0.2, 0.25) is 5.91 Å². The predicted molar refractivity (Wildman–Crippen MR) is 95.4 cm³/mol. The van der Waals surface area contributed by atoms with E-state index in [2.05, 4.69) is 39.7 Å². The Morgan fingerprint density at radius 2 is 1.92 bits per heavy atom. The molecule has 2 heterocycles. The molecule has 6 nitrogen and oxygen atoms in total. The lowest BCUT2D eigenvalue weighted by Gasteiger charge is -2.31. The second-order valence-electron chi connectivity index (χ2n) is 6.21. The van der Waals surface area contributed by atoms with Crippen LogP contribution in [0.25, 0.3) is 0 Å². The third-order valence-corrected chi connectivity index (χ3v) is 4.25. The van der Waals surface area contributed by atoms with Crippen LogP contribution in [0.3, 0.4) is 0 Å². The van der Waals surface area contributed by atoms with Crippen LogP contribution in [0.4, 0.5) is 17.3 Å². The third-order valence-electron chi connectivity index (χ3n) is 4.25. The first-order valence-electron chi connectivity index (χ1n) is 8.28. The summed E-state index contributed by atoms with van der Waals surface area (Å²) in [6.07, 6.45) is 3.43. The number of carbonyl (C=O) groups is 1. The maximum absolute atomic E-state index is 11.4. The van der Waals surface area contributed by atoms with Gasteiger partial charge in [0.15, 0.2) is 0 Å². The van der Waals surface area contributed by atoms with E-state index in [1.165, 1.54) is 5.56 Å². The molecule has 0 spiro atoms. The van der Waals surface area contributed by atoms with Crippen molar-refractivity contribution in [1.29, 1.82) is 0 Å². The molecule has 1 fully saturated rings. The number of carbonyl (C=O) groups excluding carboxylic acids is 1. The molecule has 0 saturated carbocycles. The molecule has 126 valence electrons. The van der Waals surface area contributed by atoms with Crippen molar-refractivity contribution in [2.45, 2.75) is 32.7 Å². The van der Waals surface area contributed by atoms with E-state index < -0.39 is 0 Å². The SMILES string of the molecule is CC(=O)N1CCC(Nc2cc(Nc3cccc(C)c3)ncn2)CC1. The molecule has 1 aliphatic rings. The average Bonchev–Trinajstić information content (AvgIpc) is 2.56. The summed E-state index contributed by atoms with van der Waals surface area (Å²) in [4.78, 5) is 21.9. The number of likely N-dealkylation sites (tertiary alicyclic amines) is 1. The van der Waals surface area contributed by atoms with Crippen molar-refractivity contribution < 1.29 is 4.79 Å². The fourth-order valence-electron chi connectivity index (χ4n) is 2.92. The number of aromatic nitrogens is 2. The zero-order valence-corrected chi connectivity index (χ0v) is 14.1. The Kier molecular flexibility index (Phi) is 4.93. The molecule has 6 heteroatoms. The fraction of sp³-hybridized carbons (Fsp3) is 0.389. The molecule has 24 heavy (non-hydrogen) atoms. The van der Waals surface area contributed by atoms with E-state index in [0.717, 1.165) is 43.3 Å². The number of nitrogens with one attached hydrogen (secondary N) is 2. The van der Waals surface area contributed by atoms with E-state index in [1.807, 2.05) is 23.1 Å². The third kappa shape index (κ3) is 4.22. The average molecular weight is 325 g/mol. The maximum Gasteiger partial charge on any atom is 0.219 e. The van der Waals surface area contributed by atoms with Crippen molar-refractivity contribution in [3.05, 3.63) is 42.2 Å². The Hall–Kier alpha value is -2.63. The number of anilines is 3. The summed E-state index contributed by atoms with van der Waals surface area (Å²) in [5.74, 6) is 1.72. The Bertz CT molecular complexity index is 710. The predicted octanol–water partition coefficient (Wildman–Crippen LogP) is 2.95. The molecule has 0 bridgehead atoms. The van der Waals surface area contributed by atoms with Crippen molar-refractivity contribution >= 4 is 23.2 Å². The number of hydrogen-bond acceptors (Lipinski definition) is 5. The van der Waals surface area contributed by atoms with Crippen molar-refractivity contribution in [3.63, 3.8) is 0 Å². The van der Waals surface area contributed by atoms with E-state index in [-0.39, 0.29) is 5.91 Å². The smallest absolute Gasteiger partial charge is 0.219 e. The lowest BCUT2D eigenvalue weighted by molar-refractivity contribution is -0.129. The summed E-state index contributed by atoms with van der Waals surface area (Å²) in [7, 11) is 0. The van der Waals surface area contributed by atoms with Gasteiger partial charge in [-0.25, -0.2) is 9.97 Å². The quantitative estimate of drug-likeness (QED) is 0.904. The Morgan fingerprint density at radius 3 is 2.62 bits per heavy atom. The van der Waals surface area contributed by atoms with E-state index in [9.17, 15) is 4.79 Å². The largest absolute Gasteiger partial charge is 0.367 e. The Balaban J connectivity index is 1.60. The standard InChI is InChI=1S/C18H23N5O/c1-13-4-3-5-16(10-13)22-18-11-17(19-12-20-18)21-15-6-8-23(9-7-15)14(2)24/h3-5,10-12,15H,6-9H2,1-2H3,(H2,19,20,21,22). The minimum absolute atomic E-state index is 0.153. The highest BCUT2D eigenvalue weighted by atomic mass is 16.2. The summed E-state index contributed by atoms with van der Waals surface area (Å²) >= 11 is 0. The first-order chi connectivity index (χ1) is 11.6. The molecular weight excluding hydrogens is 302 g/mol. The summed E-state index contributed by atoms with van der Waals surface area (Å²) in [6, 6.07) is 10.4. The molecule has 0 aliphatic carbocycles. The van der Waals surface area contributed by atoms with E-state index in [1.54, 1.807) is 13.3 Å². The molecule has 1 aromatic heterocycles. The number of benzene rings is 1. The number of aryl methyl sites for hydroxylation is 1. The van der Waals surface area contributed by atoms with Crippen LogP contribution in [-0.2, 0) is 4.79 Å². The van der Waals surface area contributed by atoms with Crippen LogP contribution < -0.4 is 10.6 Å². The van der Waals surface area contributed by atoms with Crippen LogP contribution in [0, 0.1) is 6.92 Å². The Morgan fingerprint density at radius 1 is 1.17 bits per heavy atom. The molecule has 3 rings (SSSR count). The van der Waals surface area contributed by atoms with Gasteiger partial charge in [0.25, 0.3) is 0 Å². The second-order valence-corrected chi connectivity index (χ2v) is 6.21. The van der Waals surface area contributed by atoms with Crippen LogP contribution in [0.15, 0.2) is 36.7 Å². The van der Waals surface area contributed by atoms with Gasteiger partial charge >= 0.3 is 0 Å². The van der Waals surface area contributed by atoms with Crippen molar-refractivity contribution in [3.8, 4) is 0 Å². The van der Waals surface area contributed by atoms with Gasteiger partial charge in [-0.05, 0) is 37.5 Å². The van der Waals surface area contributed by atoms with Gasteiger partial charge in [-0.15, -0.1) is 0 Å². The van der Waals surface area contributed by atoms with Gasteiger partial charge in [-0.3, -0.25) is 4.79 Å². The van der Waals surface area contributed by atoms with Crippen LogP contribution in [-0.4, -0.2) is 39.9 Å². The van der Waals surface area contributed by atoms with Gasteiger partial charge in [-0.2, -0.15) is 0 Å². The van der Waals surface area contributed by atoms with Gasteiger partial charge < -0.3 is 15.5 Å². The molecule has 1 aromatic carbocycles. The molecule has 1 amide bonds. The van der Waals surface area contributed by atoms with Gasteiger partial charge in [0.05, 0.1) is 0 Å². The molecule has 1 aliphatic heterocycles. The molecule has 0 unspecified atom stereocenters. The lowest BCUT2D eigenvalue weighted by Crippen LogP contribution is -2.41. The van der Waals surface area contributed by atoms with E-state index in [0.29, 0.717) is 6.04 Å². The van der Waals surface area contributed by atoms with Crippen LogP contribution >= 0.6 is 0 Å². The number of nitrogens with zero attached hydrogens (tertiary/aromatic N) is 3. The summed E-state index contributed by atoms with van der Waals surface area (Å²) in [5, 5.41) is 6.75. The molecular formula is C18H23N5O. The van der Waals surface area contributed by atoms with E-state index in [4.69, 9.17) is 0 Å². The number of hydrogen-bond donors (Lipinski definition) is 2. The van der Waals surface area contributed by atoms with Crippen molar-refractivity contribution in [2.24, 2.45) is 0 Å². The number of amides is 1. The number of piperidine rings is 1. The molecule has 1 saturated heterocycles. The molecule has 0 radical (unpaired) electrons. The first kappa shape index (κ1) is 16.2. The Labute approximate surface area is 142 Å². The summed E-state index contributed by atoms with van der Waals surface area (Å²) in [5.41, 5.74) is 2.21.